The lowest BCUT2D eigenvalue weighted by molar-refractivity contribution is -0.133. The van der Waals surface area contributed by atoms with Crippen molar-refractivity contribution in [2.45, 2.75) is 6.92 Å². The molecule has 0 spiro atoms. The quantitative estimate of drug-likeness (QED) is 0.877. The molecular weight excluding hydrogens is 302 g/mol. The standard InChI is InChI=1S/C19H23N3O2/c1-15-3-2-4-18(13-15)24-14-19(23)22-11-9-21(10-12-22)17-7-5-16(20)6-8-17/h2-8,13H,9-12,14,20H2,1H3. The van der Waals surface area contributed by atoms with E-state index in [0.717, 1.165) is 35.8 Å². The second-order valence-electron chi connectivity index (χ2n) is 6.06. The van der Waals surface area contributed by atoms with Crippen LogP contribution in [-0.2, 0) is 4.79 Å². The summed E-state index contributed by atoms with van der Waals surface area (Å²) in [6, 6.07) is 15.6. The number of piperazine rings is 1. The van der Waals surface area contributed by atoms with Crippen LogP contribution in [0.25, 0.3) is 0 Å². The number of rotatable bonds is 4. The summed E-state index contributed by atoms with van der Waals surface area (Å²) in [5.74, 6) is 0.775. The average Bonchev–Trinajstić information content (AvgIpc) is 2.61. The van der Waals surface area contributed by atoms with Crippen molar-refractivity contribution in [2.75, 3.05) is 43.4 Å². The SMILES string of the molecule is Cc1cccc(OCC(=O)N2CCN(c3ccc(N)cc3)CC2)c1. The van der Waals surface area contributed by atoms with Crippen LogP contribution in [-0.4, -0.2) is 43.6 Å². The van der Waals surface area contributed by atoms with Gasteiger partial charge in [0.15, 0.2) is 6.61 Å². The molecule has 1 saturated heterocycles. The molecule has 0 unspecified atom stereocenters. The molecule has 2 aromatic rings. The molecular formula is C19H23N3O2. The number of nitrogen functional groups attached to an aromatic ring is 1. The third kappa shape index (κ3) is 3.98. The van der Waals surface area contributed by atoms with E-state index >= 15 is 0 Å². The molecule has 2 N–H and O–H groups in total. The number of aryl methyl sites for hydroxylation is 1. The lowest BCUT2D eigenvalue weighted by Gasteiger charge is -2.36. The Bertz CT molecular complexity index is 692. The zero-order chi connectivity index (χ0) is 16.9. The maximum atomic E-state index is 12.3. The van der Waals surface area contributed by atoms with Gasteiger partial charge in [-0.25, -0.2) is 0 Å². The Kier molecular flexibility index (Phi) is 4.89. The Balaban J connectivity index is 1.49. The fourth-order valence-corrected chi connectivity index (χ4v) is 2.84. The van der Waals surface area contributed by atoms with E-state index in [4.69, 9.17) is 10.5 Å². The first-order valence-corrected chi connectivity index (χ1v) is 8.19. The van der Waals surface area contributed by atoms with Crippen LogP contribution in [0.4, 0.5) is 11.4 Å². The normalized spacial score (nSPS) is 14.5. The van der Waals surface area contributed by atoms with E-state index in [2.05, 4.69) is 4.90 Å². The summed E-state index contributed by atoms with van der Waals surface area (Å²) in [7, 11) is 0. The Labute approximate surface area is 142 Å². The number of amides is 1. The van der Waals surface area contributed by atoms with E-state index in [-0.39, 0.29) is 12.5 Å². The summed E-state index contributed by atoms with van der Waals surface area (Å²) in [6.07, 6.45) is 0. The van der Waals surface area contributed by atoms with Gasteiger partial charge in [0.25, 0.3) is 5.91 Å². The summed E-state index contributed by atoms with van der Waals surface area (Å²) >= 11 is 0. The van der Waals surface area contributed by atoms with E-state index in [1.54, 1.807) is 0 Å². The van der Waals surface area contributed by atoms with Gasteiger partial charge in [0.1, 0.15) is 5.75 Å². The topological polar surface area (TPSA) is 58.8 Å². The molecule has 1 heterocycles. The zero-order valence-electron chi connectivity index (χ0n) is 13.9. The smallest absolute Gasteiger partial charge is 0.260 e. The van der Waals surface area contributed by atoms with E-state index in [0.29, 0.717) is 13.1 Å². The van der Waals surface area contributed by atoms with Crippen molar-refractivity contribution >= 4 is 17.3 Å². The van der Waals surface area contributed by atoms with Gasteiger partial charge >= 0.3 is 0 Å². The molecule has 0 saturated carbocycles. The first-order valence-electron chi connectivity index (χ1n) is 8.19. The number of hydrogen-bond donors (Lipinski definition) is 1. The second-order valence-corrected chi connectivity index (χ2v) is 6.06. The lowest BCUT2D eigenvalue weighted by Crippen LogP contribution is -2.50. The molecule has 0 aromatic heterocycles. The summed E-state index contributed by atoms with van der Waals surface area (Å²) < 4.78 is 5.61. The molecule has 24 heavy (non-hydrogen) atoms. The fraction of sp³-hybridized carbons (Fsp3) is 0.316. The molecule has 1 fully saturated rings. The third-order valence-electron chi connectivity index (χ3n) is 4.24. The molecule has 2 aromatic carbocycles. The third-order valence-corrected chi connectivity index (χ3v) is 4.24. The van der Waals surface area contributed by atoms with Gasteiger partial charge < -0.3 is 20.3 Å². The predicted molar refractivity (Wildman–Crippen MR) is 96.3 cm³/mol. The molecule has 1 aliphatic heterocycles. The highest BCUT2D eigenvalue weighted by Gasteiger charge is 2.21. The summed E-state index contributed by atoms with van der Waals surface area (Å²) in [5, 5.41) is 0. The van der Waals surface area contributed by atoms with E-state index in [1.165, 1.54) is 0 Å². The Morgan fingerprint density at radius 1 is 1.08 bits per heavy atom. The van der Waals surface area contributed by atoms with E-state index in [9.17, 15) is 4.79 Å². The number of anilines is 2. The summed E-state index contributed by atoms with van der Waals surface area (Å²) in [6.45, 7) is 5.15. The van der Waals surface area contributed by atoms with E-state index in [1.807, 2.05) is 60.4 Å². The van der Waals surface area contributed by atoms with Crippen molar-refractivity contribution in [1.29, 1.82) is 0 Å². The largest absolute Gasteiger partial charge is 0.484 e. The van der Waals surface area contributed by atoms with Crippen molar-refractivity contribution < 1.29 is 9.53 Å². The van der Waals surface area contributed by atoms with Gasteiger partial charge in [0.05, 0.1) is 0 Å². The van der Waals surface area contributed by atoms with Gasteiger partial charge in [-0.05, 0) is 48.9 Å². The van der Waals surface area contributed by atoms with E-state index < -0.39 is 0 Å². The van der Waals surface area contributed by atoms with Crippen LogP contribution in [0.15, 0.2) is 48.5 Å². The van der Waals surface area contributed by atoms with Gasteiger partial charge in [-0.15, -0.1) is 0 Å². The zero-order valence-corrected chi connectivity index (χ0v) is 13.9. The van der Waals surface area contributed by atoms with Crippen molar-refractivity contribution in [1.82, 2.24) is 4.90 Å². The Morgan fingerprint density at radius 2 is 1.79 bits per heavy atom. The second kappa shape index (κ2) is 7.25. The van der Waals surface area contributed by atoms with Gasteiger partial charge in [0, 0.05) is 37.6 Å². The monoisotopic (exact) mass is 325 g/mol. The molecule has 3 rings (SSSR count). The van der Waals surface area contributed by atoms with Crippen LogP contribution >= 0.6 is 0 Å². The molecule has 1 amide bonds. The summed E-state index contributed by atoms with van der Waals surface area (Å²) in [4.78, 5) is 16.4. The molecule has 0 bridgehead atoms. The minimum Gasteiger partial charge on any atom is -0.484 e. The number of benzene rings is 2. The van der Waals surface area contributed by atoms with Crippen molar-refractivity contribution in [3.8, 4) is 5.75 Å². The lowest BCUT2D eigenvalue weighted by atomic mass is 10.2. The Hall–Kier alpha value is -2.69. The molecule has 5 heteroatoms. The van der Waals surface area contributed by atoms with Crippen LogP contribution in [0.5, 0.6) is 5.75 Å². The van der Waals surface area contributed by atoms with Gasteiger partial charge in [0.2, 0.25) is 0 Å². The van der Waals surface area contributed by atoms with Crippen molar-refractivity contribution in [3.05, 3.63) is 54.1 Å². The first-order chi connectivity index (χ1) is 11.6. The minimum absolute atomic E-state index is 0.0356. The highest BCUT2D eigenvalue weighted by atomic mass is 16.5. The number of nitrogens with two attached hydrogens (primary N) is 1. The molecule has 0 atom stereocenters. The molecule has 126 valence electrons. The highest BCUT2D eigenvalue weighted by Crippen LogP contribution is 2.18. The molecule has 0 aliphatic carbocycles. The Morgan fingerprint density at radius 3 is 2.46 bits per heavy atom. The number of carbonyl (C=O) groups is 1. The van der Waals surface area contributed by atoms with Crippen molar-refractivity contribution in [2.24, 2.45) is 0 Å². The average molecular weight is 325 g/mol. The maximum absolute atomic E-state index is 12.3. The minimum atomic E-state index is 0.0356. The molecule has 5 nitrogen and oxygen atoms in total. The molecule has 0 radical (unpaired) electrons. The fourth-order valence-electron chi connectivity index (χ4n) is 2.84. The maximum Gasteiger partial charge on any atom is 0.260 e. The van der Waals surface area contributed by atoms with Gasteiger partial charge in [-0.3, -0.25) is 4.79 Å². The van der Waals surface area contributed by atoms with Crippen LogP contribution in [0.3, 0.4) is 0 Å². The van der Waals surface area contributed by atoms with Crippen molar-refractivity contribution in [3.63, 3.8) is 0 Å². The first kappa shape index (κ1) is 16.2. The number of nitrogens with zero attached hydrogens (tertiary/aromatic N) is 2. The van der Waals surface area contributed by atoms with Crippen LogP contribution in [0, 0.1) is 6.92 Å². The predicted octanol–water partition coefficient (Wildman–Crippen LogP) is 2.30. The summed E-state index contributed by atoms with van der Waals surface area (Å²) in [5.41, 5.74) is 8.76. The number of carbonyl (C=O) groups excluding carboxylic acids is 1. The highest BCUT2D eigenvalue weighted by molar-refractivity contribution is 5.78. The van der Waals surface area contributed by atoms with Gasteiger partial charge in [-0.1, -0.05) is 12.1 Å². The van der Waals surface area contributed by atoms with Gasteiger partial charge in [-0.2, -0.15) is 0 Å². The van der Waals surface area contributed by atoms with Crippen LogP contribution in [0.2, 0.25) is 0 Å². The molecule has 1 aliphatic rings. The van der Waals surface area contributed by atoms with Crippen LogP contribution < -0.4 is 15.4 Å². The van der Waals surface area contributed by atoms with Crippen LogP contribution in [0.1, 0.15) is 5.56 Å². The number of ether oxygens (including phenoxy) is 1. The number of hydrogen-bond acceptors (Lipinski definition) is 4.